The number of carbonyl (C=O) groups is 1. The maximum Gasteiger partial charge on any atom is 0.255 e. The molecule has 1 aliphatic heterocycles. The first-order chi connectivity index (χ1) is 8.66. The molecule has 0 spiro atoms. The fourth-order valence-corrected chi connectivity index (χ4v) is 1.81. The Morgan fingerprint density at radius 1 is 1.50 bits per heavy atom. The van der Waals surface area contributed by atoms with Gasteiger partial charge < -0.3 is 15.7 Å². The van der Waals surface area contributed by atoms with E-state index in [-0.39, 0.29) is 11.3 Å². The molecular formula is C13H15FN2O2. The normalized spacial score (nSPS) is 15.1. The summed E-state index contributed by atoms with van der Waals surface area (Å²) < 4.78 is 13.0. The minimum atomic E-state index is -0.543. The minimum absolute atomic E-state index is 0.0375. The number of phenols is 1. The van der Waals surface area contributed by atoms with Gasteiger partial charge in [-0.05, 0) is 31.2 Å². The minimum Gasteiger partial charge on any atom is -0.507 e. The van der Waals surface area contributed by atoms with E-state index in [0.717, 1.165) is 37.2 Å². The molecule has 1 amide bonds. The molecule has 0 aliphatic carbocycles. The summed E-state index contributed by atoms with van der Waals surface area (Å²) >= 11 is 0. The van der Waals surface area contributed by atoms with Gasteiger partial charge in [-0.15, -0.1) is 0 Å². The lowest BCUT2D eigenvalue weighted by atomic mass is 10.1. The zero-order valence-electron chi connectivity index (χ0n) is 9.87. The van der Waals surface area contributed by atoms with Crippen molar-refractivity contribution in [2.75, 3.05) is 19.6 Å². The number of carbonyl (C=O) groups excluding carboxylic acids is 1. The molecule has 3 N–H and O–H groups in total. The van der Waals surface area contributed by atoms with Crippen LogP contribution in [0.25, 0.3) is 0 Å². The number of amides is 1. The molecule has 0 saturated heterocycles. The maximum atomic E-state index is 13.0. The lowest BCUT2D eigenvalue weighted by Crippen LogP contribution is -2.29. The van der Waals surface area contributed by atoms with Crippen LogP contribution in [0.3, 0.4) is 0 Å². The molecule has 0 aromatic heterocycles. The van der Waals surface area contributed by atoms with Crippen molar-refractivity contribution >= 4 is 5.91 Å². The predicted molar refractivity (Wildman–Crippen MR) is 66.0 cm³/mol. The van der Waals surface area contributed by atoms with Crippen molar-refractivity contribution in [1.82, 2.24) is 10.6 Å². The molecule has 1 aromatic carbocycles. The van der Waals surface area contributed by atoms with Gasteiger partial charge in [0.15, 0.2) is 0 Å². The summed E-state index contributed by atoms with van der Waals surface area (Å²) in [5, 5.41) is 15.3. The first kappa shape index (κ1) is 12.6. The van der Waals surface area contributed by atoms with Crippen LogP contribution in [0.15, 0.2) is 29.8 Å². The van der Waals surface area contributed by atoms with Crippen LogP contribution in [0.5, 0.6) is 5.75 Å². The van der Waals surface area contributed by atoms with Crippen LogP contribution in [0, 0.1) is 5.82 Å². The molecule has 1 heterocycles. The summed E-state index contributed by atoms with van der Waals surface area (Å²) in [4.78, 5) is 11.8. The van der Waals surface area contributed by atoms with Crippen LogP contribution in [-0.4, -0.2) is 30.6 Å². The summed E-state index contributed by atoms with van der Waals surface area (Å²) in [6, 6.07) is 3.32. The molecule has 18 heavy (non-hydrogen) atoms. The average Bonchev–Trinajstić information content (AvgIpc) is 2.40. The van der Waals surface area contributed by atoms with Gasteiger partial charge in [0.25, 0.3) is 5.91 Å². The zero-order chi connectivity index (χ0) is 13.0. The first-order valence-corrected chi connectivity index (χ1v) is 5.82. The molecule has 0 saturated carbocycles. The highest BCUT2D eigenvalue weighted by molar-refractivity contribution is 5.96. The molecule has 4 nitrogen and oxygen atoms in total. The van der Waals surface area contributed by atoms with Crippen LogP contribution in [-0.2, 0) is 0 Å². The number of halogens is 1. The molecule has 5 heteroatoms. The van der Waals surface area contributed by atoms with Gasteiger partial charge in [-0.25, -0.2) is 4.39 Å². The summed E-state index contributed by atoms with van der Waals surface area (Å²) in [7, 11) is 0. The number of phenolic OH excluding ortho intramolecular Hbond substituents is 1. The van der Waals surface area contributed by atoms with E-state index < -0.39 is 11.7 Å². The van der Waals surface area contributed by atoms with E-state index in [1.54, 1.807) is 0 Å². The molecule has 0 bridgehead atoms. The topological polar surface area (TPSA) is 61.4 Å². The van der Waals surface area contributed by atoms with E-state index in [0.29, 0.717) is 6.54 Å². The summed E-state index contributed by atoms with van der Waals surface area (Å²) in [5.74, 6) is -1.22. The van der Waals surface area contributed by atoms with Crippen LogP contribution >= 0.6 is 0 Å². The Bertz CT molecular complexity index is 486. The second-order valence-corrected chi connectivity index (χ2v) is 4.16. The molecule has 0 atom stereocenters. The van der Waals surface area contributed by atoms with Crippen LogP contribution in [0.1, 0.15) is 16.8 Å². The van der Waals surface area contributed by atoms with E-state index in [4.69, 9.17) is 0 Å². The van der Waals surface area contributed by atoms with Crippen LogP contribution in [0.2, 0.25) is 0 Å². The number of aromatic hydroxyl groups is 1. The van der Waals surface area contributed by atoms with E-state index >= 15 is 0 Å². The smallest absolute Gasteiger partial charge is 0.255 e. The maximum absolute atomic E-state index is 13.0. The fraction of sp³-hybridized carbons (Fsp3) is 0.308. The number of nitrogens with one attached hydrogen (secondary N) is 2. The van der Waals surface area contributed by atoms with Gasteiger partial charge in [0.05, 0.1) is 5.56 Å². The Hall–Kier alpha value is -1.88. The molecule has 1 aromatic rings. The third kappa shape index (κ3) is 3.07. The zero-order valence-corrected chi connectivity index (χ0v) is 9.87. The Kier molecular flexibility index (Phi) is 3.94. The SMILES string of the molecule is O=C(NCC1=CCNCC1)c1cc(F)ccc1O. The van der Waals surface area contributed by atoms with Crippen molar-refractivity contribution in [2.24, 2.45) is 0 Å². The molecule has 1 aliphatic rings. The van der Waals surface area contributed by atoms with Gasteiger partial charge in [-0.1, -0.05) is 11.6 Å². The molecular weight excluding hydrogens is 235 g/mol. The van der Waals surface area contributed by atoms with Gasteiger partial charge >= 0.3 is 0 Å². The highest BCUT2D eigenvalue weighted by Crippen LogP contribution is 2.17. The summed E-state index contributed by atoms with van der Waals surface area (Å²) in [5.41, 5.74) is 1.10. The number of hydrogen-bond acceptors (Lipinski definition) is 3. The van der Waals surface area contributed by atoms with E-state index in [2.05, 4.69) is 10.6 Å². The van der Waals surface area contributed by atoms with Gasteiger partial charge in [0.2, 0.25) is 0 Å². The van der Waals surface area contributed by atoms with Gasteiger partial charge in [-0.3, -0.25) is 4.79 Å². The van der Waals surface area contributed by atoms with Crippen LogP contribution < -0.4 is 10.6 Å². The van der Waals surface area contributed by atoms with Crippen molar-refractivity contribution in [3.8, 4) is 5.75 Å². The Morgan fingerprint density at radius 3 is 3.06 bits per heavy atom. The average molecular weight is 250 g/mol. The van der Waals surface area contributed by atoms with Gasteiger partial charge in [-0.2, -0.15) is 0 Å². The summed E-state index contributed by atoms with van der Waals surface area (Å²) in [6.07, 6.45) is 2.91. The second kappa shape index (κ2) is 5.64. The van der Waals surface area contributed by atoms with Crippen molar-refractivity contribution in [1.29, 1.82) is 0 Å². The lowest BCUT2D eigenvalue weighted by Gasteiger charge is -2.14. The number of rotatable bonds is 3. The fourth-order valence-electron chi connectivity index (χ4n) is 1.81. The standard InChI is InChI=1S/C13H15FN2O2/c14-10-1-2-12(17)11(7-10)13(18)16-8-9-3-5-15-6-4-9/h1-3,7,15,17H,4-6,8H2,(H,16,18). The quantitative estimate of drug-likeness (QED) is 0.706. The van der Waals surface area contributed by atoms with E-state index in [1.165, 1.54) is 6.07 Å². The Morgan fingerprint density at radius 2 is 2.33 bits per heavy atom. The van der Waals surface area contributed by atoms with Crippen molar-refractivity contribution in [3.05, 3.63) is 41.2 Å². The largest absolute Gasteiger partial charge is 0.507 e. The predicted octanol–water partition coefficient (Wildman–Crippen LogP) is 1.18. The third-order valence-electron chi connectivity index (χ3n) is 2.84. The van der Waals surface area contributed by atoms with E-state index in [9.17, 15) is 14.3 Å². The van der Waals surface area contributed by atoms with Gasteiger partial charge in [0, 0.05) is 13.1 Å². The molecule has 0 radical (unpaired) electrons. The highest BCUT2D eigenvalue weighted by Gasteiger charge is 2.12. The number of benzene rings is 1. The van der Waals surface area contributed by atoms with Crippen molar-refractivity contribution in [3.63, 3.8) is 0 Å². The molecule has 96 valence electrons. The molecule has 0 fully saturated rings. The molecule has 0 unspecified atom stereocenters. The molecule has 2 rings (SSSR count). The van der Waals surface area contributed by atoms with Crippen molar-refractivity contribution in [2.45, 2.75) is 6.42 Å². The Balaban J connectivity index is 1.99. The lowest BCUT2D eigenvalue weighted by molar-refractivity contribution is 0.0953. The van der Waals surface area contributed by atoms with E-state index in [1.807, 2.05) is 6.08 Å². The highest BCUT2D eigenvalue weighted by atomic mass is 19.1. The monoisotopic (exact) mass is 250 g/mol. The van der Waals surface area contributed by atoms with Gasteiger partial charge in [0.1, 0.15) is 11.6 Å². The third-order valence-corrected chi connectivity index (χ3v) is 2.84. The van der Waals surface area contributed by atoms with Crippen LogP contribution in [0.4, 0.5) is 4.39 Å². The second-order valence-electron chi connectivity index (χ2n) is 4.16. The Labute approximate surface area is 105 Å². The van der Waals surface area contributed by atoms with Crippen molar-refractivity contribution < 1.29 is 14.3 Å². The summed E-state index contributed by atoms with van der Waals surface area (Å²) in [6.45, 7) is 2.12. The number of hydrogen-bond donors (Lipinski definition) is 3. The first-order valence-electron chi connectivity index (χ1n) is 5.82.